The molecule has 0 aromatic heterocycles. The molecule has 0 saturated carbocycles. The number of likely N-dealkylation sites (tertiary alicyclic amines) is 1. The minimum atomic E-state index is -3.79. The summed E-state index contributed by atoms with van der Waals surface area (Å²) in [5.41, 5.74) is 0.228. The molecule has 1 aromatic rings. The molecule has 5 nitrogen and oxygen atoms in total. The summed E-state index contributed by atoms with van der Waals surface area (Å²) >= 11 is 5.86. The van der Waals surface area contributed by atoms with Crippen molar-refractivity contribution in [2.45, 2.75) is 37.1 Å². The number of rotatable bonds is 6. The Balaban J connectivity index is 2.00. The highest BCUT2D eigenvalue weighted by Gasteiger charge is 2.23. The molecule has 1 aliphatic heterocycles. The molecule has 0 amide bonds. The summed E-state index contributed by atoms with van der Waals surface area (Å²) in [5, 5.41) is 9.23. The van der Waals surface area contributed by atoms with E-state index < -0.39 is 15.8 Å². The smallest absolute Gasteiger partial charge is 0.242 e. The van der Waals surface area contributed by atoms with Crippen LogP contribution in [-0.4, -0.2) is 50.7 Å². The molecule has 0 spiro atoms. The quantitative estimate of drug-likeness (QED) is 0.809. The lowest BCUT2D eigenvalue weighted by molar-refractivity contribution is 0.0923. The van der Waals surface area contributed by atoms with Gasteiger partial charge >= 0.3 is 0 Å². The van der Waals surface area contributed by atoms with Gasteiger partial charge in [-0.1, -0.05) is 18.0 Å². The van der Waals surface area contributed by atoms with E-state index in [4.69, 9.17) is 11.6 Å². The van der Waals surface area contributed by atoms with Crippen molar-refractivity contribution in [3.05, 3.63) is 28.5 Å². The summed E-state index contributed by atoms with van der Waals surface area (Å²) < 4.78 is 40.5. The molecular formula is C15H22ClFN2O3S. The van der Waals surface area contributed by atoms with E-state index in [1.165, 1.54) is 13.0 Å². The van der Waals surface area contributed by atoms with Gasteiger partial charge in [0.2, 0.25) is 10.0 Å². The van der Waals surface area contributed by atoms with Crippen LogP contribution in [0.5, 0.6) is 0 Å². The van der Waals surface area contributed by atoms with Crippen molar-refractivity contribution < 1.29 is 17.9 Å². The minimum Gasteiger partial charge on any atom is -0.395 e. The van der Waals surface area contributed by atoms with E-state index in [1.807, 2.05) is 0 Å². The fourth-order valence-electron chi connectivity index (χ4n) is 2.80. The van der Waals surface area contributed by atoms with E-state index in [9.17, 15) is 17.9 Å². The van der Waals surface area contributed by atoms with E-state index in [1.54, 1.807) is 0 Å². The number of sulfonamides is 1. The zero-order chi connectivity index (χ0) is 17.0. The van der Waals surface area contributed by atoms with Gasteiger partial charge < -0.3 is 5.11 Å². The van der Waals surface area contributed by atoms with Gasteiger partial charge in [0.05, 0.1) is 11.6 Å². The summed E-state index contributed by atoms with van der Waals surface area (Å²) in [5.74, 6) is -0.534. The molecule has 0 bridgehead atoms. The number of hydrogen-bond donors (Lipinski definition) is 2. The summed E-state index contributed by atoms with van der Waals surface area (Å²) in [4.78, 5) is 1.97. The molecule has 8 heteroatoms. The van der Waals surface area contributed by atoms with Crippen molar-refractivity contribution in [3.8, 4) is 0 Å². The molecule has 1 fully saturated rings. The molecule has 2 N–H and O–H groups in total. The zero-order valence-corrected chi connectivity index (χ0v) is 14.6. The van der Waals surface area contributed by atoms with Crippen molar-refractivity contribution >= 4 is 21.6 Å². The van der Waals surface area contributed by atoms with Gasteiger partial charge in [0, 0.05) is 19.1 Å². The highest BCUT2D eigenvalue weighted by molar-refractivity contribution is 7.89. The first-order valence-corrected chi connectivity index (χ1v) is 9.51. The largest absolute Gasteiger partial charge is 0.395 e. The summed E-state index contributed by atoms with van der Waals surface area (Å²) in [6.45, 7) is 3.15. The monoisotopic (exact) mass is 364 g/mol. The molecule has 1 atom stereocenters. The fourth-order valence-corrected chi connectivity index (χ4v) is 4.42. The van der Waals surface area contributed by atoms with E-state index in [0.29, 0.717) is 6.54 Å². The van der Waals surface area contributed by atoms with E-state index in [2.05, 4.69) is 9.62 Å². The Morgan fingerprint density at radius 2 is 2.17 bits per heavy atom. The number of aryl methyl sites for hydroxylation is 1. The Morgan fingerprint density at radius 3 is 2.87 bits per heavy atom. The lowest BCUT2D eigenvalue weighted by Gasteiger charge is -2.34. The lowest BCUT2D eigenvalue weighted by Crippen LogP contribution is -2.45. The van der Waals surface area contributed by atoms with Gasteiger partial charge in [-0.3, -0.25) is 4.90 Å². The number of nitrogens with one attached hydrogen (secondary N) is 1. The van der Waals surface area contributed by atoms with Gasteiger partial charge in [-0.05, 0) is 44.0 Å². The van der Waals surface area contributed by atoms with Crippen LogP contribution in [-0.2, 0) is 10.0 Å². The first-order valence-electron chi connectivity index (χ1n) is 7.65. The van der Waals surface area contributed by atoms with Crippen LogP contribution in [0.1, 0.15) is 24.8 Å². The summed E-state index contributed by atoms with van der Waals surface area (Å²) in [7, 11) is -3.79. The predicted octanol–water partition coefficient (Wildman–Crippen LogP) is 1.91. The molecule has 0 radical (unpaired) electrons. The number of nitrogens with zero attached hydrogens (tertiary/aromatic N) is 1. The van der Waals surface area contributed by atoms with Gasteiger partial charge in [0.15, 0.2) is 0 Å². The minimum absolute atomic E-state index is 0.0791. The maximum atomic E-state index is 13.4. The van der Waals surface area contributed by atoms with Crippen LogP contribution in [0.4, 0.5) is 4.39 Å². The molecule has 1 aliphatic rings. The maximum absolute atomic E-state index is 13.4. The Hall–Kier alpha value is -0.730. The average Bonchev–Trinajstić information content (AvgIpc) is 2.51. The number of aliphatic hydroxyl groups is 1. The first-order chi connectivity index (χ1) is 10.8. The van der Waals surface area contributed by atoms with Crippen LogP contribution in [0, 0.1) is 12.7 Å². The summed E-state index contributed by atoms with van der Waals surface area (Å²) in [6.07, 6.45) is 3.05. The van der Waals surface area contributed by atoms with Crippen LogP contribution in [0.25, 0.3) is 0 Å². The van der Waals surface area contributed by atoms with Crippen molar-refractivity contribution in [1.29, 1.82) is 0 Å². The molecule has 1 aromatic carbocycles. The third-order valence-corrected chi connectivity index (χ3v) is 6.08. The van der Waals surface area contributed by atoms with E-state index in [-0.39, 0.29) is 34.7 Å². The Bertz CT molecular complexity index is 654. The third kappa shape index (κ3) is 4.64. The SMILES string of the molecule is Cc1cc(S(=O)(=O)NCCN2CCCC[C@H]2CO)c(Cl)cc1F. The Kier molecular flexibility index (Phi) is 6.39. The molecule has 1 heterocycles. The van der Waals surface area contributed by atoms with Crippen molar-refractivity contribution in [1.82, 2.24) is 9.62 Å². The van der Waals surface area contributed by atoms with Gasteiger partial charge in [-0.15, -0.1) is 0 Å². The molecule has 23 heavy (non-hydrogen) atoms. The number of piperidine rings is 1. The van der Waals surface area contributed by atoms with Gasteiger partial charge in [-0.2, -0.15) is 0 Å². The number of aliphatic hydroxyl groups excluding tert-OH is 1. The van der Waals surface area contributed by atoms with Crippen LogP contribution in [0.2, 0.25) is 5.02 Å². The van der Waals surface area contributed by atoms with Crippen molar-refractivity contribution in [2.24, 2.45) is 0 Å². The molecule has 2 rings (SSSR count). The van der Waals surface area contributed by atoms with E-state index in [0.717, 1.165) is 31.9 Å². The van der Waals surface area contributed by atoms with Crippen molar-refractivity contribution in [2.75, 3.05) is 26.2 Å². The molecule has 1 saturated heterocycles. The number of hydrogen-bond acceptors (Lipinski definition) is 4. The Morgan fingerprint density at radius 1 is 1.43 bits per heavy atom. The second kappa shape index (κ2) is 7.90. The highest BCUT2D eigenvalue weighted by atomic mass is 35.5. The molecule has 0 aliphatic carbocycles. The second-order valence-electron chi connectivity index (χ2n) is 5.80. The predicted molar refractivity (Wildman–Crippen MR) is 87.6 cm³/mol. The number of halogens is 2. The molecule has 130 valence electrons. The van der Waals surface area contributed by atoms with Crippen LogP contribution in [0.3, 0.4) is 0 Å². The van der Waals surface area contributed by atoms with Crippen LogP contribution in [0.15, 0.2) is 17.0 Å². The van der Waals surface area contributed by atoms with Gasteiger partial charge in [0.1, 0.15) is 10.7 Å². The van der Waals surface area contributed by atoms with Gasteiger partial charge in [0.25, 0.3) is 0 Å². The fraction of sp³-hybridized carbons (Fsp3) is 0.600. The lowest BCUT2D eigenvalue weighted by atomic mass is 10.0. The summed E-state index contributed by atoms with van der Waals surface area (Å²) in [6, 6.07) is 2.33. The normalized spacial score (nSPS) is 19.9. The topological polar surface area (TPSA) is 69.6 Å². The molecular weight excluding hydrogens is 343 g/mol. The maximum Gasteiger partial charge on any atom is 0.242 e. The molecule has 0 unspecified atom stereocenters. The van der Waals surface area contributed by atoms with Crippen molar-refractivity contribution in [3.63, 3.8) is 0 Å². The van der Waals surface area contributed by atoms with E-state index >= 15 is 0 Å². The zero-order valence-electron chi connectivity index (χ0n) is 13.1. The first kappa shape index (κ1) is 18.6. The highest BCUT2D eigenvalue weighted by Crippen LogP contribution is 2.24. The van der Waals surface area contributed by atoms with Gasteiger partial charge in [-0.25, -0.2) is 17.5 Å². The van der Waals surface area contributed by atoms with Crippen LogP contribution < -0.4 is 4.72 Å². The number of benzene rings is 1. The third-order valence-electron chi connectivity index (χ3n) is 4.15. The average molecular weight is 365 g/mol. The second-order valence-corrected chi connectivity index (χ2v) is 7.94. The van der Waals surface area contributed by atoms with Crippen LogP contribution >= 0.6 is 11.6 Å². The Labute approximate surface area is 141 Å². The standard InChI is InChI=1S/C15H22ClFN2O3S/c1-11-8-15(13(16)9-14(11)17)23(21,22)18-5-7-19-6-3-2-4-12(19)10-20/h8-9,12,18,20H,2-7,10H2,1H3/t12-/m0/s1.